The Hall–Kier alpha value is -5.51. The standard InChI is InChI=1S/C38H71NO17.C24H43N3O10.C13H24O3/c1-33(2)37(42)8-10-46-12-14-48-16-18-50-20-22-52-24-26-54-28-30-56-32-31-55-29-27-53-25-23-51-21-19-49-17-15-47-13-11-45-9-4-5-35(41)6-7-36(38(43)44)39-34(3)40;1-18(2)21(29)6-10-34-14-16-37-13-9-26-23(31)7-11-35-15-17-36-12-8-25-22(30)5-4-20(24(32)33)27-19(3)28;1-5-11(14)7-6-9-16-10-8-12(15)13(2,3)4/h33,36H,4-32H2,1-3H3,(H,39,40)(H,43,44);18,20H,4-17H2,1-3H3,(H,25,30)(H,26,31)(H,27,28)(H,32,33);5-10H2,1-4H3/t36-;20-;/m00./s1. The number of ketones is 5. The Labute approximate surface area is 646 Å². The first-order valence-electron chi connectivity index (χ1n) is 38.2. The molecule has 34 nitrogen and oxygen atoms in total. The Bertz CT molecular complexity index is 2300. The summed E-state index contributed by atoms with van der Waals surface area (Å²) in [5.41, 5.74) is -0.276. The molecule has 0 unspecified atom stereocenters. The number of hydrogen-bond donors (Lipinski definition) is 6. The van der Waals surface area contributed by atoms with Gasteiger partial charge in [-0.3, -0.25) is 43.2 Å². The molecule has 0 radical (unpaired) electrons. The van der Waals surface area contributed by atoms with Gasteiger partial charge in [-0.15, -0.1) is 0 Å². The molecule has 0 spiro atoms. The Morgan fingerprint density at radius 2 is 0.550 bits per heavy atom. The molecule has 0 aliphatic rings. The number of hydrogen-bond acceptors (Lipinski definition) is 28. The molecule has 0 saturated heterocycles. The molecule has 0 aliphatic carbocycles. The molecule has 4 amide bonds. The van der Waals surface area contributed by atoms with Gasteiger partial charge < -0.3 is 112 Å². The van der Waals surface area contributed by atoms with Gasteiger partial charge in [0.2, 0.25) is 23.6 Å². The molecular weight excluding hydrogens is 1440 g/mol. The molecule has 34 heteroatoms. The first-order valence-corrected chi connectivity index (χ1v) is 38.2. The summed E-state index contributed by atoms with van der Waals surface area (Å²) in [5, 5.41) is 28.0. The molecule has 0 aromatic rings. The molecule has 0 aliphatic heterocycles. The van der Waals surface area contributed by atoms with E-state index in [0.717, 1.165) is 6.42 Å². The van der Waals surface area contributed by atoms with Gasteiger partial charge in [0.25, 0.3) is 0 Å². The van der Waals surface area contributed by atoms with Crippen LogP contribution in [-0.2, 0) is 133 Å². The maximum Gasteiger partial charge on any atom is 0.326 e. The number of Topliss-reactive ketones (excluding diaryl/α,β-unsaturated/α-hetero) is 5. The quantitative estimate of drug-likeness (QED) is 0.0469. The van der Waals surface area contributed by atoms with Crippen LogP contribution in [0.15, 0.2) is 0 Å². The molecule has 0 aromatic carbocycles. The van der Waals surface area contributed by atoms with E-state index in [1.54, 1.807) is 0 Å². The first-order chi connectivity index (χ1) is 52.2. The zero-order valence-corrected chi connectivity index (χ0v) is 67.3. The fourth-order valence-corrected chi connectivity index (χ4v) is 8.23. The Morgan fingerprint density at radius 3 is 0.835 bits per heavy atom. The summed E-state index contributed by atoms with van der Waals surface area (Å²) in [5.74, 6) is -2.87. The van der Waals surface area contributed by atoms with Gasteiger partial charge in [0.1, 0.15) is 41.0 Å². The number of amides is 4. The third kappa shape index (κ3) is 83.3. The zero-order valence-electron chi connectivity index (χ0n) is 67.3. The minimum atomic E-state index is -1.19. The summed E-state index contributed by atoms with van der Waals surface area (Å²) in [6.07, 6.45) is 4.40. The van der Waals surface area contributed by atoms with Crippen LogP contribution >= 0.6 is 0 Å². The van der Waals surface area contributed by atoms with Gasteiger partial charge >= 0.3 is 11.9 Å². The van der Waals surface area contributed by atoms with E-state index in [0.29, 0.717) is 263 Å². The Morgan fingerprint density at radius 1 is 0.303 bits per heavy atom. The van der Waals surface area contributed by atoms with Crippen molar-refractivity contribution < 1.29 is 143 Å². The van der Waals surface area contributed by atoms with Gasteiger partial charge in [-0.1, -0.05) is 55.4 Å². The molecule has 0 rings (SSSR count). The highest BCUT2D eigenvalue weighted by atomic mass is 16.6. The second-order valence-electron chi connectivity index (χ2n) is 25.9. The maximum absolute atomic E-state index is 11.9. The highest BCUT2D eigenvalue weighted by molar-refractivity contribution is 5.85. The van der Waals surface area contributed by atoms with Gasteiger partial charge in [-0.25, -0.2) is 9.59 Å². The van der Waals surface area contributed by atoms with Crippen LogP contribution in [-0.4, -0.2) is 325 Å². The van der Waals surface area contributed by atoms with Crippen LogP contribution < -0.4 is 21.3 Å². The van der Waals surface area contributed by atoms with Crippen LogP contribution in [0.25, 0.3) is 0 Å². The minimum absolute atomic E-state index is 0.00621. The number of ether oxygens (including phenoxy) is 17. The van der Waals surface area contributed by atoms with E-state index in [9.17, 15) is 52.7 Å². The number of aliphatic carboxylic acids is 2. The SMILES string of the molecule is CC(=O)N[C@@H](CCC(=O)CCCOCCOCCOCCOCCOCCOCCOCCOCCOCCOCCOCCOCCC(=O)C(C)C)C(=O)O.CC(=O)N[C@@H](CCC(=O)NCCOCCOCCC(=O)NCCOCCOCCC(=O)C(C)C)C(=O)O.CCC(=O)CCCOCCC(=O)C(C)(C)C. The Kier molecular flexibility index (Phi) is 78.2. The third-order valence-corrected chi connectivity index (χ3v) is 14.6. The maximum atomic E-state index is 11.9. The van der Waals surface area contributed by atoms with Crippen molar-refractivity contribution in [2.45, 2.75) is 165 Å². The van der Waals surface area contributed by atoms with Crippen molar-refractivity contribution >= 4 is 64.5 Å². The van der Waals surface area contributed by atoms with Gasteiger partial charge in [0, 0.05) is 115 Å². The zero-order chi connectivity index (χ0) is 81.7. The van der Waals surface area contributed by atoms with E-state index in [2.05, 4.69) is 21.3 Å². The number of carbonyl (C=O) groups excluding carboxylic acids is 9. The van der Waals surface area contributed by atoms with E-state index in [1.165, 1.54) is 13.8 Å². The predicted octanol–water partition coefficient (Wildman–Crippen LogP) is 3.95. The molecule has 0 fully saturated rings. The lowest BCUT2D eigenvalue weighted by atomic mass is 9.89. The average Bonchev–Trinajstić information content (AvgIpc) is 0.938. The normalized spacial score (nSPS) is 11.8. The lowest BCUT2D eigenvalue weighted by molar-refractivity contribution is -0.142. The second-order valence-corrected chi connectivity index (χ2v) is 25.9. The predicted molar refractivity (Wildman–Crippen MR) is 400 cm³/mol. The number of nitrogens with one attached hydrogen (secondary N) is 4. The summed E-state index contributed by atoms with van der Waals surface area (Å²) in [4.78, 5) is 125. The fourth-order valence-electron chi connectivity index (χ4n) is 8.23. The molecule has 6 N–H and O–H groups in total. The first kappa shape index (κ1) is 108. The van der Waals surface area contributed by atoms with Crippen LogP contribution in [0.3, 0.4) is 0 Å². The molecule has 0 aromatic heterocycles. The molecule has 109 heavy (non-hydrogen) atoms. The van der Waals surface area contributed by atoms with E-state index in [4.69, 9.17) is 90.7 Å². The van der Waals surface area contributed by atoms with Crippen molar-refractivity contribution in [2.24, 2.45) is 17.3 Å². The summed E-state index contributed by atoms with van der Waals surface area (Å²) in [7, 11) is 0. The molecule has 0 heterocycles. The molecule has 2 atom stereocenters. The number of carboxylic acids is 2. The smallest absolute Gasteiger partial charge is 0.326 e. The van der Waals surface area contributed by atoms with E-state index < -0.39 is 35.8 Å². The van der Waals surface area contributed by atoms with Gasteiger partial charge in [-0.2, -0.15) is 0 Å². The lowest BCUT2D eigenvalue weighted by Crippen LogP contribution is -2.40. The van der Waals surface area contributed by atoms with Crippen molar-refractivity contribution in [3.8, 4) is 0 Å². The highest BCUT2D eigenvalue weighted by Crippen LogP contribution is 2.16. The van der Waals surface area contributed by atoms with Crippen molar-refractivity contribution in [2.75, 3.05) is 238 Å². The minimum Gasteiger partial charge on any atom is -0.480 e. The highest BCUT2D eigenvalue weighted by Gasteiger charge is 2.22. The van der Waals surface area contributed by atoms with Crippen LogP contribution in [0.4, 0.5) is 0 Å². The van der Waals surface area contributed by atoms with Crippen LogP contribution in [0.1, 0.15) is 153 Å². The number of carbonyl (C=O) groups is 11. The Balaban J connectivity index is -0.00000180. The van der Waals surface area contributed by atoms with Crippen molar-refractivity contribution in [3.05, 3.63) is 0 Å². The summed E-state index contributed by atoms with van der Waals surface area (Å²) in [6.45, 7) is 32.9. The molecular formula is C75H138N4O30. The summed E-state index contributed by atoms with van der Waals surface area (Å²) >= 11 is 0. The fraction of sp³-hybridized carbons (Fsp3) is 0.853. The molecule has 0 saturated carbocycles. The molecule has 0 bridgehead atoms. The second kappa shape index (κ2) is 79.1. The lowest BCUT2D eigenvalue weighted by Gasteiger charge is -2.16. The van der Waals surface area contributed by atoms with Gasteiger partial charge in [-0.05, 0) is 25.7 Å². The van der Waals surface area contributed by atoms with E-state index in [1.807, 2.05) is 55.4 Å². The van der Waals surface area contributed by atoms with E-state index in [-0.39, 0.29) is 110 Å². The topological polar surface area (TPSA) is 433 Å². The largest absolute Gasteiger partial charge is 0.480 e. The number of rotatable bonds is 78. The summed E-state index contributed by atoms with van der Waals surface area (Å²) in [6, 6.07) is -2.15. The van der Waals surface area contributed by atoms with Gasteiger partial charge in [0.15, 0.2) is 0 Å². The third-order valence-electron chi connectivity index (χ3n) is 14.6. The molecule has 638 valence electrons. The van der Waals surface area contributed by atoms with E-state index >= 15 is 0 Å². The summed E-state index contributed by atoms with van der Waals surface area (Å²) < 4.78 is 92.1. The van der Waals surface area contributed by atoms with Crippen LogP contribution in [0, 0.1) is 17.3 Å². The van der Waals surface area contributed by atoms with Crippen LogP contribution in [0.5, 0.6) is 0 Å². The van der Waals surface area contributed by atoms with Crippen molar-refractivity contribution in [1.29, 1.82) is 0 Å². The monoisotopic (exact) mass is 1570 g/mol. The average molecular weight is 1580 g/mol. The van der Waals surface area contributed by atoms with Gasteiger partial charge in [0.05, 0.1) is 211 Å². The van der Waals surface area contributed by atoms with Crippen molar-refractivity contribution in [1.82, 2.24) is 21.3 Å². The number of carboxylic acid groups (broad SMARTS) is 2. The van der Waals surface area contributed by atoms with Crippen LogP contribution in [0.2, 0.25) is 0 Å². The van der Waals surface area contributed by atoms with Crippen molar-refractivity contribution in [3.63, 3.8) is 0 Å².